The van der Waals surface area contributed by atoms with Crippen molar-refractivity contribution in [2.45, 2.75) is 108 Å². The lowest BCUT2D eigenvalue weighted by atomic mass is 9.96. The molecule has 12 amide bonds. The van der Waals surface area contributed by atoms with Gasteiger partial charge in [0.15, 0.2) is 0 Å². The monoisotopic (exact) mass is 960 g/mol. The summed E-state index contributed by atoms with van der Waals surface area (Å²) < 4.78 is 0. The molecule has 0 radical (unpaired) electrons. The third-order valence-corrected chi connectivity index (χ3v) is 10.4. The fourth-order valence-electron chi connectivity index (χ4n) is 6.48. The predicted molar refractivity (Wildman–Crippen MR) is 234 cm³/mol. The molecule has 374 valence electrons. The molecule has 1 aliphatic rings. The molecular formula is C41H60N12O15. The van der Waals surface area contributed by atoms with Gasteiger partial charge >= 0.3 is 5.97 Å². The minimum atomic E-state index is -1.88. The van der Waals surface area contributed by atoms with E-state index in [9.17, 15) is 67.4 Å². The number of likely N-dealkylation sites (N-methyl/N-ethyl adjacent to an activating group) is 1. The maximum absolute atomic E-state index is 14.0. The largest absolute Gasteiger partial charge is 0.508 e. The van der Waals surface area contributed by atoms with Gasteiger partial charge in [0.25, 0.3) is 0 Å². The zero-order valence-electron chi connectivity index (χ0n) is 37.7. The molecule has 1 fully saturated rings. The minimum absolute atomic E-state index is 0.0880. The molecule has 1 heterocycles. The Bertz CT molecular complexity index is 2070. The van der Waals surface area contributed by atoms with Crippen LogP contribution < -0.4 is 59.7 Å². The summed E-state index contributed by atoms with van der Waals surface area (Å²) >= 11 is 0. The van der Waals surface area contributed by atoms with E-state index in [1.807, 2.05) is 0 Å². The lowest BCUT2D eigenvalue weighted by Gasteiger charge is -2.29. The minimum Gasteiger partial charge on any atom is -0.508 e. The molecule has 27 nitrogen and oxygen atoms in total. The number of aliphatic carboxylic acids is 1. The number of rotatable bonds is 19. The Morgan fingerprint density at radius 1 is 0.779 bits per heavy atom. The summed E-state index contributed by atoms with van der Waals surface area (Å²) in [7, 11) is 1.08. The van der Waals surface area contributed by atoms with Crippen LogP contribution in [0.5, 0.6) is 5.75 Å². The highest BCUT2D eigenvalue weighted by atomic mass is 16.4. The van der Waals surface area contributed by atoms with Crippen molar-refractivity contribution in [3.63, 3.8) is 0 Å². The second-order valence-corrected chi connectivity index (χ2v) is 16.0. The van der Waals surface area contributed by atoms with Crippen molar-refractivity contribution in [2.75, 3.05) is 26.7 Å². The van der Waals surface area contributed by atoms with Crippen molar-refractivity contribution in [1.29, 1.82) is 0 Å². The lowest BCUT2D eigenvalue weighted by Crippen LogP contribution is -2.61. The Balaban J connectivity index is 2.59. The molecule has 0 bridgehead atoms. The summed E-state index contributed by atoms with van der Waals surface area (Å²) in [5, 5.41) is 37.8. The van der Waals surface area contributed by atoms with Gasteiger partial charge in [-0.3, -0.25) is 62.3 Å². The molecular weight excluding hydrogens is 901 g/mol. The van der Waals surface area contributed by atoms with Crippen LogP contribution in [-0.4, -0.2) is 155 Å². The van der Waals surface area contributed by atoms with Crippen LogP contribution in [0.1, 0.15) is 70.8 Å². The molecule has 2 rings (SSSR count). The van der Waals surface area contributed by atoms with Crippen LogP contribution in [0.3, 0.4) is 0 Å². The first-order valence-electron chi connectivity index (χ1n) is 21.3. The number of hydrogen-bond acceptors (Lipinski definition) is 14. The van der Waals surface area contributed by atoms with Gasteiger partial charge in [0.2, 0.25) is 70.9 Å². The van der Waals surface area contributed by atoms with Crippen LogP contribution in [0.15, 0.2) is 24.3 Å². The molecule has 7 atom stereocenters. The Morgan fingerprint density at radius 3 is 1.99 bits per heavy atom. The van der Waals surface area contributed by atoms with Crippen LogP contribution in [-0.2, 0) is 68.7 Å². The number of carboxylic acids is 1. The van der Waals surface area contributed by atoms with E-state index >= 15 is 0 Å². The number of aromatic hydroxyl groups is 1. The van der Waals surface area contributed by atoms with Crippen LogP contribution in [0.4, 0.5) is 0 Å². The van der Waals surface area contributed by atoms with Gasteiger partial charge in [-0.05, 0) is 42.9 Å². The van der Waals surface area contributed by atoms with Crippen molar-refractivity contribution < 1.29 is 72.5 Å². The predicted octanol–water partition coefficient (Wildman–Crippen LogP) is -6.13. The number of benzene rings is 1. The summed E-state index contributed by atoms with van der Waals surface area (Å²) in [5.74, 6) is -14.0. The van der Waals surface area contributed by atoms with E-state index in [4.69, 9.17) is 22.3 Å². The van der Waals surface area contributed by atoms with Gasteiger partial charge in [0, 0.05) is 32.7 Å². The van der Waals surface area contributed by atoms with E-state index in [0.717, 1.165) is 11.9 Å². The average molecular weight is 961 g/mol. The number of nitrogens with zero attached hydrogens (tertiary/aromatic N) is 1. The zero-order valence-corrected chi connectivity index (χ0v) is 37.7. The van der Waals surface area contributed by atoms with E-state index in [-0.39, 0.29) is 12.2 Å². The van der Waals surface area contributed by atoms with E-state index in [2.05, 4.69) is 42.5 Å². The van der Waals surface area contributed by atoms with Gasteiger partial charge in [-0.1, -0.05) is 32.4 Å². The van der Waals surface area contributed by atoms with E-state index in [1.165, 1.54) is 24.3 Å². The normalized spacial score (nSPS) is 20.8. The highest BCUT2D eigenvalue weighted by Gasteiger charge is 2.36. The number of carbonyl (C=O) groups is 13. The molecule has 1 aromatic carbocycles. The maximum atomic E-state index is 14.0. The van der Waals surface area contributed by atoms with Gasteiger partial charge in [0.1, 0.15) is 42.0 Å². The first-order chi connectivity index (χ1) is 31.9. The number of nitrogens with two attached hydrogens (primary N) is 3. The lowest BCUT2D eigenvalue weighted by molar-refractivity contribution is -0.140. The average Bonchev–Trinajstić information content (AvgIpc) is 3.26. The second kappa shape index (κ2) is 27.6. The van der Waals surface area contributed by atoms with Gasteiger partial charge in [-0.25, -0.2) is 0 Å². The number of phenolic OH excluding ortho intramolecular Hbond substituents is 1. The highest BCUT2D eigenvalue weighted by Crippen LogP contribution is 2.14. The van der Waals surface area contributed by atoms with Crippen molar-refractivity contribution in [1.82, 2.24) is 47.4 Å². The highest BCUT2D eigenvalue weighted by molar-refractivity contribution is 5.99. The fraction of sp³-hybridized carbons (Fsp3) is 0.537. The summed E-state index contributed by atoms with van der Waals surface area (Å²) in [6.07, 6.45) is -3.91. The molecule has 1 aromatic rings. The van der Waals surface area contributed by atoms with Gasteiger partial charge in [-0.2, -0.15) is 0 Å². The maximum Gasteiger partial charge on any atom is 0.303 e. The Kier molecular flexibility index (Phi) is 22.8. The van der Waals surface area contributed by atoms with E-state index in [0.29, 0.717) is 12.0 Å². The topological polar surface area (TPSA) is 440 Å². The standard InChI is InChI=1S/C41H60N12O15/c1-4-20(2)35-40(67)49-24(9-12-28(42)55)37(64)51-27(16-29(43)56)38(65)50-25(41(68)53(3)19-33(60)47-23(11-14-34(61)62)36(63)46-17-30(44)57)10-13-31(58)45-18-32(59)48-26(39(66)52-35)15-21-5-7-22(54)8-6-21/h5-8,20,23-27,35,54H,4,9-19H2,1-3H3,(H2,42,55)(H2,43,56)(H2,44,57)(H,45,58)(H,46,63)(H,47,60)(H,48,59)(H,49,67)(H,50,65)(H,51,64)(H,52,66)(H,61,62)/t20-,23-,24-,25-,26-,27-,35-/m0/s1. The van der Waals surface area contributed by atoms with Crippen molar-refractivity contribution in [3.8, 4) is 5.75 Å². The summed E-state index contributed by atoms with van der Waals surface area (Å²) in [5.41, 5.74) is 16.3. The SMILES string of the molecule is CC[C@H](C)[C@@H]1NC(=O)[C@H](Cc2ccc(O)cc2)NC(=O)CNC(=O)CC[C@@H](C(=O)N(C)CC(=O)N[C@@H](CCC(=O)O)C(=O)NCC(N)=O)NC(=O)[C@H](CC(N)=O)NC(=O)[C@H](CCC(N)=O)NC1=O. The Labute approximate surface area is 389 Å². The van der Waals surface area contributed by atoms with Gasteiger partial charge in [-0.15, -0.1) is 0 Å². The Hall–Kier alpha value is -7.87. The van der Waals surface area contributed by atoms with Crippen LogP contribution >= 0.6 is 0 Å². The quantitative estimate of drug-likeness (QED) is 0.0614. The first kappa shape index (κ1) is 56.3. The van der Waals surface area contributed by atoms with Gasteiger partial charge in [0.05, 0.1) is 26.1 Å². The first-order valence-corrected chi connectivity index (χ1v) is 21.3. The number of nitrogens with one attached hydrogen (secondary N) is 8. The number of primary amides is 3. The van der Waals surface area contributed by atoms with Crippen LogP contribution in [0, 0.1) is 5.92 Å². The van der Waals surface area contributed by atoms with Crippen molar-refractivity contribution >= 4 is 76.9 Å². The molecule has 1 saturated heterocycles. The molecule has 16 N–H and O–H groups in total. The smallest absolute Gasteiger partial charge is 0.303 e. The molecule has 0 unspecified atom stereocenters. The molecule has 27 heteroatoms. The summed E-state index contributed by atoms with van der Waals surface area (Å²) in [4.78, 5) is 169. The third-order valence-electron chi connectivity index (χ3n) is 10.4. The number of amides is 12. The van der Waals surface area contributed by atoms with Gasteiger partial charge < -0.3 is 74.8 Å². The molecule has 1 aliphatic heterocycles. The number of phenols is 1. The summed E-state index contributed by atoms with van der Waals surface area (Å²) in [6, 6.07) is -3.91. The van der Waals surface area contributed by atoms with Crippen LogP contribution in [0.25, 0.3) is 0 Å². The number of carboxylic acid groups (broad SMARTS) is 1. The fourth-order valence-corrected chi connectivity index (χ4v) is 6.48. The zero-order chi connectivity index (χ0) is 51.2. The van der Waals surface area contributed by atoms with Crippen molar-refractivity contribution in [3.05, 3.63) is 29.8 Å². The Morgan fingerprint density at radius 2 is 1.40 bits per heavy atom. The van der Waals surface area contributed by atoms with E-state index in [1.54, 1.807) is 13.8 Å². The van der Waals surface area contributed by atoms with Crippen LogP contribution in [0.2, 0.25) is 0 Å². The molecule has 0 spiro atoms. The molecule has 68 heavy (non-hydrogen) atoms. The number of carbonyl (C=O) groups excluding carboxylic acids is 12. The molecule has 0 aromatic heterocycles. The molecule has 0 saturated carbocycles. The number of hydrogen-bond donors (Lipinski definition) is 13. The second-order valence-electron chi connectivity index (χ2n) is 16.0. The van der Waals surface area contributed by atoms with E-state index < -0.39 is 184 Å². The van der Waals surface area contributed by atoms with Crippen molar-refractivity contribution in [2.24, 2.45) is 23.1 Å². The summed E-state index contributed by atoms with van der Waals surface area (Å²) in [6.45, 7) is 1.09. The molecule has 0 aliphatic carbocycles. The third kappa shape index (κ3) is 20.1.